The van der Waals surface area contributed by atoms with Crippen LogP contribution >= 0.6 is 12.4 Å². The van der Waals surface area contributed by atoms with Crippen LogP contribution in [0.1, 0.15) is 44.6 Å². The van der Waals surface area contributed by atoms with Gasteiger partial charge in [-0.2, -0.15) is 0 Å². The summed E-state index contributed by atoms with van der Waals surface area (Å²) in [7, 11) is 0. The predicted molar refractivity (Wildman–Crippen MR) is 99.4 cm³/mol. The highest BCUT2D eigenvalue weighted by atomic mass is 35.5. The molecule has 0 fully saturated rings. The van der Waals surface area contributed by atoms with E-state index >= 15 is 0 Å². The van der Waals surface area contributed by atoms with Crippen molar-refractivity contribution in [2.75, 3.05) is 13.2 Å². The summed E-state index contributed by atoms with van der Waals surface area (Å²) in [6.07, 6.45) is 0.843. The average molecular weight is 354 g/mol. The molecule has 1 aromatic carbocycles. The molecule has 0 saturated carbocycles. The molecule has 1 atom stereocenters. The van der Waals surface area contributed by atoms with Gasteiger partial charge in [-0.25, -0.2) is 0 Å². The molecule has 5 heteroatoms. The summed E-state index contributed by atoms with van der Waals surface area (Å²) in [4.78, 5) is 0. The number of aliphatic hydroxyl groups is 1. The minimum atomic E-state index is -0.444. The quantitative estimate of drug-likeness (QED) is 0.659. The van der Waals surface area contributed by atoms with E-state index in [-0.39, 0.29) is 12.4 Å². The molecule has 0 aliphatic heterocycles. The van der Waals surface area contributed by atoms with Crippen LogP contribution in [0.4, 0.5) is 0 Å². The first-order valence-corrected chi connectivity index (χ1v) is 8.25. The summed E-state index contributed by atoms with van der Waals surface area (Å²) >= 11 is 0. The lowest BCUT2D eigenvalue weighted by atomic mass is 10.1. The van der Waals surface area contributed by atoms with Crippen molar-refractivity contribution in [1.29, 1.82) is 0 Å². The van der Waals surface area contributed by atoms with Crippen LogP contribution in [-0.4, -0.2) is 24.4 Å². The fourth-order valence-electron chi connectivity index (χ4n) is 2.28. The number of furan rings is 1. The fourth-order valence-corrected chi connectivity index (χ4v) is 2.28. The topological polar surface area (TPSA) is 54.6 Å². The Morgan fingerprint density at radius 2 is 1.79 bits per heavy atom. The van der Waals surface area contributed by atoms with Gasteiger partial charge in [-0.1, -0.05) is 24.3 Å². The van der Waals surface area contributed by atoms with E-state index in [0.717, 1.165) is 42.2 Å². The van der Waals surface area contributed by atoms with E-state index in [9.17, 15) is 5.11 Å². The fraction of sp³-hybridized carbons (Fsp3) is 0.474. The number of ether oxygens (including phenoxy) is 1. The van der Waals surface area contributed by atoms with Crippen molar-refractivity contribution in [2.24, 2.45) is 0 Å². The molecule has 1 aromatic heterocycles. The highest BCUT2D eigenvalue weighted by molar-refractivity contribution is 5.85. The van der Waals surface area contributed by atoms with Crippen LogP contribution in [0.15, 0.2) is 40.8 Å². The third-order valence-electron chi connectivity index (χ3n) is 3.59. The third kappa shape index (κ3) is 6.65. The molecule has 4 nitrogen and oxygen atoms in total. The smallest absolute Gasteiger partial charge is 0.134 e. The molecule has 2 rings (SSSR count). The molecule has 0 saturated heterocycles. The van der Waals surface area contributed by atoms with Gasteiger partial charge >= 0.3 is 0 Å². The monoisotopic (exact) mass is 353 g/mol. The van der Waals surface area contributed by atoms with Crippen molar-refractivity contribution in [3.05, 3.63) is 47.7 Å². The largest absolute Gasteiger partial charge is 0.460 e. The van der Waals surface area contributed by atoms with Gasteiger partial charge in [0.2, 0.25) is 0 Å². The summed E-state index contributed by atoms with van der Waals surface area (Å²) < 4.78 is 11.4. The Hall–Kier alpha value is -1.33. The van der Waals surface area contributed by atoms with Gasteiger partial charge in [0.05, 0.1) is 18.8 Å². The first-order chi connectivity index (χ1) is 11.1. The van der Waals surface area contributed by atoms with Gasteiger partial charge in [-0.15, -0.1) is 12.4 Å². The zero-order valence-electron chi connectivity index (χ0n) is 14.6. The number of hydrogen-bond acceptors (Lipinski definition) is 4. The molecule has 0 aliphatic carbocycles. The van der Waals surface area contributed by atoms with Crippen LogP contribution in [0.2, 0.25) is 0 Å². The molecule has 1 heterocycles. The van der Waals surface area contributed by atoms with Crippen molar-refractivity contribution in [1.82, 2.24) is 5.32 Å². The first kappa shape index (κ1) is 20.7. The van der Waals surface area contributed by atoms with Gasteiger partial charge in [0.1, 0.15) is 11.5 Å². The molecule has 0 spiro atoms. The molecule has 0 aliphatic rings. The van der Waals surface area contributed by atoms with Gasteiger partial charge < -0.3 is 19.6 Å². The number of benzene rings is 1. The first-order valence-electron chi connectivity index (χ1n) is 8.25. The van der Waals surface area contributed by atoms with Gasteiger partial charge in [0.15, 0.2) is 0 Å². The number of nitrogens with one attached hydrogen (secondary N) is 1. The normalized spacial score (nSPS) is 12.2. The summed E-state index contributed by atoms with van der Waals surface area (Å²) in [6.45, 7) is 8.26. The van der Waals surface area contributed by atoms with E-state index in [1.54, 1.807) is 6.92 Å². The highest BCUT2D eigenvalue weighted by Gasteiger charge is 2.06. The van der Waals surface area contributed by atoms with Gasteiger partial charge in [-0.3, -0.25) is 0 Å². The van der Waals surface area contributed by atoms with E-state index in [2.05, 4.69) is 5.32 Å². The summed E-state index contributed by atoms with van der Waals surface area (Å²) in [5.74, 6) is 1.77. The molecule has 1 unspecified atom stereocenters. The Morgan fingerprint density at radius 3 is 2.42 bits per heavy atom. The van der Waals surface area contributed by atoms with Gasteiger partial charge in [0.25, 0.3) is 0 Å². The molecule has 0 radical (unpaired) electrons. The second kappa shape index (κ2) is 10.5. The maximum Gasteiger partial charge on any atom is 0.134 e. The molecule has 134 valence electrons. The number of hydrogen-bond donors (Lipinski definition) is 2. The van der Waals surface area contributed by atoms with Crippen LogP contribution in [0.5, 0.6) is 0 Å². The van der Waals surface area contributed by atoms with Crippen LogP contribution in [-0.2, 0) is 11.3 Å². The van der Waals surface area contributed by atoms with Crippen LogP contribution in [0, 0.1) is 0 Å². The van der Waals surface area contributed by atoms with Crippen LogP contribution in [0.25, 0.3) is 11.3 Å². The second-order valence-electron chi connectivity index (χ2n) is 6.01. The minimum absolute atomic E-state index is 0. The minimum Gasteiger partial charge on any atom is -0.460 e. The van der Waals surface area contributed by atoms with Crippen molar-refractivity contribution in [3.8, 4) is 11.3 Å². The van der Waals surface area contributed by atoms with Gasteiger partial charge in [0, 0.05) is 12.2 Å². The number of rotatable bonds is 9. The summed E-state index contributed by atoms with van der Waals surface area (Å²) in [6, 6.07) is 11.8. The Bertz CT molecular complexity index is 579. The Balaban J connectivity index is 0.00000288. The average Bonchev–Trinajstić information content (AvgIpc) is 2.99. The molecular formula is C19H28ClNO3. The summed E-state index contributed by atoms with van der Waals surface area (Å²) in [5, 5.41) is 12.9. The van der Waals surface area contributed by atoms with Gasteiger partial charge in [-0.05, 0) is 51.4 Å². The van der Waals surface area contributed by atoms with E-state index < -0.39 is 6.10 Å². The van der Waals surface area contributed by atoms with Crippen molar-refractivity contribution in [2.45, 2.75) is 45.9 Å². The number of aliphatic hydroxyl groups excluding tert-OH is 1. The lowest BCUT2D eigenvalue weighted by Crippen LogP contribution is -2.17. The Morgan fingerprint density at radius 1 is 1.08 bits per heavy atom. The lowest BCUT2D eigenvalue weighted by Gasteiger charge is -2.07. The van der Waals surface area contributed by atoms with Crippen molar-refractivity contribution in [3.63, 3.8) is 0 Å². The third-order valence-corrected chi connectivity index (χ3v) is 3.59. The highest BCUT2D eigenvalue weighted by Crippen LogP contribution is 2.24. The zero-order valence-corrected chi connectivity index (χ0v) is 15.4. The second-order valence-corrected chi connectivity index (χ2v) is 6.01. The predicted octanol–water partition coefficient (Wildman–Crippen LogP) is 4.33. The zero-order chi connectivity index (χ0) is 16.7. The SMILES string of the molecule is CC(C)OCCCNCc1ccc(-c2ccc(C(C)O)cc2)o1.Cl. The van der Waals surface area contributed by atoms with Crippen molar-refractivity contribution >= 4 is 12.4 Å². The standard InChI is InChI=1S/C19H27NO3.ClH/c1-14(2)22-12-4-11-20-13-18-9-10-19(23-18)17-7-5-16(6-8-17)15(3)21;/h5-10,14-15,20-21H,4,11-13H2,1-3H3;1H. The molecular weight excluding hydrogens is 326 g/mol. The molecule has 2 N–H and O–H groups in total. The molecule has 0 bridgehead atoms. The van der Waals surface area contributed by atoms with E-state index in [4.69, 9.17) is 9.15 Å². The van der Waals surface area contributed by atoms with E-state index in [1.807, 2.05) is 50.2 Å². The lowest BCUT2D eigenvalue weighted by molar-refractivity contribution is 0.0770. The maximum atomic E-state index is 9.54. The molecule has 24 heavy (non-hydrogen) atoms. The van der Waals surface area contributed by atoms with Crippen LogP contribution in [0.3, 0.4) is 0 Å². The number of halogens is 1. The molecule has 2 aromatic rings. The van der Waals surface area contributed by atoms with E-state index in [1.165, 1.54) is 0 Å². The van der Waals surface area contributed by atoms with Crippen molar-refractivity contribution < 1.29 is 14.3 Å². The van der Waals surface area contributed by atoms with E-state index in [0.29, 0.717) is 12.6 Å². The maximum absolute atomic E-state index is 9.54. The Kier molecular flexibility index (Phi) is 9.08. The Labute approximate surface area is 150 Å². The van der Waals surface area contributed by atoms with Crippen LogP contribution < -0.4 is 5.32 Å². The summed E-state index contributed by atoms with van der Waals surface area (Å²) in [5.41, 5.74) is 1.93. The molecule has 0 amide bonds.